The minimum Gasteiger partial charge on any atom is -0.376 e. The maximum absolute atomic E-state index is 13.6. The van der Waals surface area contributed by atoms with Gasteiger partial charge in [0.2, 0.25) is 5.88 Å². The second-order valence-corrected chi connectivity index (χ2v) is 9.06. The summed E-state index contributed by atoms with van der Waals surface area (Å²) in [5.41, 5.74) is 3.07. The fraction of sp³-hybridized carbons (Fsp3) is 0.407. The molecule has 5 rings (SSSR count). The van der Waals surface area contributed by atoms with Crippen molar-refractivity contribution < 1.29 is 18.4 Å². The number of ether oxygens (including phenoxy) is 1. The van der Waals surface area contributed by atoms with Gasteiger partial charge >= 0.3 is 0 Å². The number of aromatic nitrogens is 1. The van der Waals surface area contributed by atoms with E-state index < -0.39 is 0 Å². The minimum atomic E-state index is -0.361. The second-order valence-electron chi connectivity index (χ2n) is 9.06. The van der Waals surface area contributed by atoms with Crippen LogP contribution in [-0.2, 0) is 11.3 Å². The summed E-state index contributed by atoms with van der Waals surface area (Å²) >= 11 is 0. The van der Waals surface area contributed by atoms with Crippen molar-refractivity contribution in [2.24, 2.45) is 0 Å². The lowest BCUT2D eigenvalue weighted by Gasteiger charge is -2.29. The number of anilines is 1. The maximum atomic E-state index is 13.6. The molecule has 0 radical (unpaired) electrons. The van der Waals surface area contributed by atoms with Gasteiger partial charge in [0.1, 0.15) is 11.5 Å². The van der Waals surface area contributed by atoms with Gasteiger partial charge in [0, 0.05) is 37.4 Å². The number of rotatable bonds is 7. The summed E-state index contributed by atoms with van der Waals surface area (Å²) in [7, 11) is 0. The highest BCUT2D eigenvalue weighted by molar-refractivity contribution is 5.94. The normalized spacial score (nSPS) is 18.3. The van der Waals surface area contributed by atoms with Crippen LogP contribution in [0.2, 0.25) is 0 Å². The Hall–Kier alpha value is -3.19. The monoisotopic (exact) mass is 463 g/mol. The molecular weight excluding hydrogens is 433 g/mol. The van der Waals surface area contributed by atoms with Gasteiger partial charge in [-0.15, -0.1) is 0 Å². The molecule has 1 amide bonds. The predicted molar refractivity (Wildman–Crippen MR) is 128 cm³/mol. The molecule has 2 saturated heterocycles. The lowest BCUT2D eigenvalue weighted by atomic mass is 10.0. The summed E-state index contributed by atoms with van der Waals surface area (Å²) < 4.78 is 25.3. The summed E-state index contributed by atoms with van der Waals surface area (Å²) in [6.45, 7) is 3.34. The standard InChI is InChI=1S/C27H30FN3O3/c28-22-13-11-21(12-14-22)26(32)31(18-23-10-7-17-33-23)19-24-25(20-8-3-1-4-9-20)29-34-27(24)30-15-5-2-6-16-30/h1,3-4,8-9,11-14,23H,2,5-7,10,15-19H2. The smallest absolute Gasteiger partial charge is 0.254 e. The molecule has 0 spiro atoms. The van der Waals surface area contributed by atoms with Gasteiger partial charge in [-0.3, -0.25) is 4.79 Å². The maximum Gasteiger partial charge on any atom is 0.254 e. The molecular formula is C27H30FN3O3. The van der Waals surface area contributed by atoms with Crippen molar-refractivity contribution in [2.75, 3.05) is 31.1 Å². The zero-order valence-electron chi connectivity index (χ0n) is 19.3. The van der Waals surface area contributed by atoms with E-state index in [0.29, 0.717) is 25.3 Å². The zero-order chi connectivity index (χ0) is 23.3. The number of carbonyl (C=O) groups excluding carboxylic acids is 1. The topological polar surface area (TPSA) is 58.8 Å². The van der Waals surface area contributed by atoms with Crippen molar-refractivity contribution in [1.82, 2.24) is 10.1 Å². The Morgan fingerprint density at radius 1 is 1.03 bits per heavy atom. The third-order valence-electron chi connectivity index (χ3n) is 6.63. The van der Waals surface area contributed by atoms with Crippen molar-refractivity contribution in [3.63, 3.8) is 0 Å². The number of benzene rings is 2. The van der Waals surface area contributed by atoms with E-state index in [0.717, 1.165) is 61.5 Å². The van der Waals surface area contributed by atoms with Gasteiger partial charge in [-0.25, -0.2) is 4.39 Å². The molecule has 3 heterocycles. The highest BCUT2D eigenvalue weighted by Gasteiger charge is 2.29. The molecule has 2 aliphatic heterocycles. The van der Waals surface area contributed by atoms with Crippen molar-refractivity contribution in [3.8, 4) is 11.3 Å². The lowest BCUT2D eigenvalue weighted by Crippen LogP contribution is -2.38. The Morgan fingerprint density at radius 2 is 1.79 bits per heavy atom. The van der Waals surface area contributed by atoms with E-state index >= 15 is 0 Å². The average Bonchev–Trinajstić information content (AvgIpc) is 3.55. The summed E-state index contributed by atoms with van der Waals surface area (Å²) in [5.74, 6) is 0.225. The van der Waals surface area contributed by atoms with Crippen molar-refractivity contribution >= 4 is 11.8 Å². The number of hydrogen-bond acceptors (Lipinski definition) is 5. The molecule has 2 aromatic carbocycles. The Morgan fingerprint density at radius 3 is 2.50 bits per heavy atom. The first-order chi connectivity index (χ1) is 16.7. The van der Waals surface area contributed by atoms with Crippen LogP contribution in [0, 0.1) is 5.82 Å². The highest BCUT2D eigenvalue weighted by atomic mass is 19.1. The van der Waals surface area contributed by atoms with Crippen LogP contribution in [0.15, 0.2) is 59.1 Å². The van der Waals surface area contributed by atoms with Crippen LogP contribution in [0.5, 0.6) is 0 Å². The largest absolute Gasteiger partial charge is 0.376 e. The SMILES string of the molecule is O=C(c1ccc(F)cc1)N(Cc1c(-c2ccccc2)noc1N1CCCCC1)CC1CCCO1. The summed E-state index contributed by atoms with van der Waals surface area (Å²) in [5, 5.41) is 4.45. The fourth-order valence-corrected chi connectivity index (χ4v) is 4.83. The Bertz CT molecular complexity index is 1090. The van der Waals surface area contributed by atoms with Gasteiger partial charge in [-0.1, -0.05) is 35.5 Å². The molecule has 0 aliphatic carbocycles. The molecule has 34 heavy (non-hydrogen) atoms. The number of halogens is 1. The van der Waals surface area contributed by atoms with Crippen LogP contribution in [0.25, 0.3) is 11.3 Å². The number of amides is 1. The van der Waals surface area contributed by atoms with Crippen LogP contribution in [0.4, 0.5) is 10.3 Å². The van der Waals surface area contributed by atoms with E-state index in [1.807, 2.05) is 30.3 Å². The molecule has 6 nitrogen and oxygen atoms in total. The molecule has 3 aromatic rings. The first-order valence-electron chi connectivity index (χ1n) is 12.1. The van der Waals surface area contributed by atoms with E-state index in [2.05, 4.69) is 10.1 Å². The first kappa shape index (κ1) is 22.6. The third-order valence-corrected chi connectivity index (χ3v) is 6.63. The van der Waals surface area contributed by atoms with Crippen LogP contribution in [0.1, 0.15) is 48.0 Å². The number of hydrogen-bond donors (Lipinski definition) is 0. The number of nitrogens with zero attached hydrogens (tertiary/aromatic N) is 3. The molecule has 0 N–H and O–H groups in total. The van der Waals surface area contributed by atoms with Crippen molar-refractivity contribution in [2.45, 2.75) is 44.8 Å². The highest BCUT2D eigenvalue weighted by Crippen LogP contribution is 2.34. The van der Waals surface area contributed by atoms with E-state index in [-0.39, 0.29) is 17.8 Å². The molecule has 1 atom stereocenters. The van der Waals surface area contributed by atoms with Gasteiger partial charge in [0.25, 0.3) is 5.91 Å². The number of piperidine rings is 1. The van der Waals surface area contributed by atoms with Crippen molar-refractivity contribution in [3.05, 3.63) is 71.5 Å². The Kier molecular flexibility index (Phi) is 6.90. The number of carbonyl (C=O) groups is 1. The van der Waals surface area contributed by atoms with Gasteiger partial charge < -0.3 is 19.1 Å². The molecule has 7 heteroatoms. The van der Waals surface area contributed by atoms with E-state index in [9.17, 15) is 9.18 Å². The molecule has 2 fully saturated rings. The predicted octanol–water partition coefficient (Wildman–Crippen LogP) is 5.29. The zero-order valence-corrected chi connectivity index (χ0v) is 19.3. The van der Waals surface area contributed by atoms with Crippen LogP contribution in [0.3, 0.4) is 0 Å². The van der Waals surface area contributed by atoms with E-state index in [4.69, 9.17) is 9.26 Å². The summed E-state index contributed by atoms with van der Waals surface area (Å²) in [6, 6.07) is 15.7. The molecule has 2 aliphatic rings. The van der Waals surface area contributed by atoms with Crippen molar-refractivity contribution in [1.29, 1.82) is 0 Å². The van der Waals surface area contributed by atoms with E-state index in [1.54, 1.807) is 4.90 Å². The fourth-order valence-electron chi connectivity index (χ4n) is 4.83. The Labute approximate surface area is 199 Å². The third kappa shape index (κ3) is 4.99. The van der Waals surface area contributed by atoms with Gasteiger partial charge in [0.05, 0.1) is 18.2 Å². The van der Waals surface area contributed by atoms with Crippen LogP contribution < -0.4 is 4.90 Å². The van der Waals surface area contributed by atoms with Gasteiger partial charge in [0.15, 0.2) is 0 Å². The molecule has 1 aromatic heterocycles. The van der Waals surface area contributed by atoms with Gasteiger partial charge in [-0.05, 0) is 56.4 Å². The Balaban J connectivity index is 1.51. The minimum absolute atomic E-state index is 0.0112. The molecule has 0 saturated carbocycles. The summed E-state index contributed by atoms with van der Waals surface area (Å²) in [6.07, 6.45) is 5.32. The van der Waals surface area contributed by atoms with Crippen LogP contribution in [-0.4, -0.2) is 48.3 Å². The van der Waals surface area contributed by atoms with Crippen LogP contribution >= 0.6 is 0 Å². The summed E-state index contributed by atoms with van der Waals surface area (Å²) in [4.78, 5) is 17.6. The second kappa shape index (κ2) is 10.4. The molecule has 1 unspecified atom stereocenters. The molecule has 178 valence electrons. The van der Waals surface area contributed by atoms with E-state index in [1.165, 1.54) is 30.7 Å². The lowest BCUT2D eigenvalue weighted by molar-refractivity contribution is 0.0507. The molecule has 0 bridgehead atoms. The van der Waals surface area contributed by atoms with Gasteiger partial charge in [-0.2, -0.15) is 0 Å². The quantitative estimate of drug-likeness (QED) is 0.476. The first-order valence-corrected chi connectivity index (χ1v) is 12.1. The average molecular weight is 464 g/mol.